The Bertz CT molecular complexity index is 932. The van der Waals surface area contributed by atoms with Crippen molar-refractivity contribution in [3.63, 3.8) is 0 Å². The van der Waals surface area contributed by atoms with Crippen LogP contribution >= 0.6 is 23.2 Å². The summed E-state index contributed by atoms with van der Waals surface area (Å²) in [5.41, 5.74) is -3.06. The van der Waals surface area contributed by atoms with Crippen LogP contribution in [0.15, 0.2) is 30.3 Å². The lowest BCUT2D eigenvalue weighted by Gasteiger charge is -2.27. The summed E-state index contributed by atoms with van der Waals surface area (Å²) in [5.74, 6) is -6.42. The Balaban J connectivity index is 2.47. The fourth-order valence-electron chi connectivity index (χ4n) is 3.22. The summed E-state index contributed by atoms with van der Waals surface area (Å²) < 4.78 is 94.2. The second-order valence-electron chi connectivity index (χ2n) is 6.68. The molecule has 30 heavy (non-hydrogen) atoms. The van der Waals surface area contributed by atoms with Gasteiger partial charge in [0.2, 0.25) is 0 Å². The van der Waals surface area contributed by atoms with E-state index in [1.165, 1.54) is 0 Å². The molecule has 2 aromatic carbocycles. The third-order valence-electron chi connectivity index (χ3n) is 4.46. The largest absolute Gasteiger partial charge is 0.478 e. The number of hydrogen-bond donors (Lipinski definition) is 1. The van der Waals surface area contributed by atoms with Crippen LogP contribution in [-0.4, -0.2) is 17.3 Å². The minimum Gasteiger partial charge on any atom is -0.478 e. The van der Waals surface area contributed by atoms with Gasteiger partial charge in [0.05, 0.1) is 27.1 Å². The number of carbonyl (C=O) groups is 1. The molecule has 2 rings (SSSR count). The number of halogens is 9. The molecule has 0 saturated carbocycles. The van der Waals surface area contributed by atoms with E-state index in [0.717, 1.165) is 25.1 Å². The predicted molar refractivity (Wildman–Crippen MR) is 96.5 cm³/mol. The van der Waals surface area contributed by atoms with Gasteiger partial charge in [-0.05, 0) is 47.7 Å². The van der Waals surface area contributed by atoms with Crippen molar-refractivity contribution in [3.8, 4) is 0 Å². The van der Waals surface area contributed by atoms with Crippen LogP contribution < -0.4 is 0 Å². The zero-order valence-electron chi connectivity index (χ0n) is 15.0. The van der Waals surface area contributed by atoms with E-state index < -0.39 is 69.1 Å². The molecule has 11 heteroatoms. The van der Waals surface area contributed by atoms with Gasteiger partial charge in [-0.1, -0.05) is 36.2 Å². The van der Waals surface area contributed by atoms with Crippen LogP contribution in [0.2, 0.25) is 10.0 Å². The maximum absolute atomic E-state index is 13.7. The van der Waals surface area contributed by atoms with E-state index in [-0.39, 0.29) is 5.56 Å². The molecule has 0 spiro atoms. The van der Waals surface area contributed by atoms with Crippen LogP contribution in [0.25, 0.3) is 0 Å². The lowest BCUT2D eigenvalue weighted by molar-refractivity contribution is -0.161. The molecule has 0 saturated heterocycles. The van der Waals surface area contributed by atoms with Gasteiger partial charge in [-0.25, -0.2) is 9.18 Å². The van der Waals surface area contributed by atoms with Crippen LogP contribution in [0.3, 0.4) is 0 Å². The zero-order chi connectivity index (χ0) is 23.0. The van der Waals surface area contributed by atoms with Gasteiger partial charge < -0.3 is 5.11 Å². The normalized spacial score (nSPS) is 14.5. The number of benzene rings is 2. The Hall–Kier alpha value is -2.00. The second-order valence-corrected chi connectivity index (χ2v) is 7.50. The first-order valence-electron chi connectivity index (χ1n) is 8.27. The van der Waals surface area contributed by atoms with Crippen LogP contribution in [0.4, 0.5) is 30.7 Å². The van der Waals surface area contributed by atoms with E-state index >= 15 is 0 Å². The smallest absolute Gasteiger partial charge is 0.417 e. The molecule has 0 heterocycles. The average Bonchev–Trinajstić information content (AvgIpc) is 2.57. The Kier molecular flexibility index (Phi) is 6.98. The number of rotatable bonds is 5. The molecule has 0 amide bonds. The van der Waals surface area contributed by atoms with Gasteiger partial charge >= 0.3 is 18.3 Å². The number of alkyl halides is 6. The molecule has 0 radical (unpaired) electrons. The van der Waals surface area contributed by atoms with Crippen LogP contribution in [0.5, 0.6) is 0 Å². The molecule has 2 atom stereocenters. The van der Waals surface area contributed by atoms with E-state index in [1.807, 2.05) is 0 Å². The molecule has 0 aliphatic carbocycles. The first-order valence-corrected chi connectivity index (χ1v) is 9.03. The van der Waals surface area contributed by atoms with Gasteiger partial charge in [-0.3, -0.25) is 0 Å². The second kappa shape index (κ2) is 8.63. The Morgan fingerprint density at radius 3 is 2.00 bits per heavy atom. The number of carboxylic acid groups (broad SMARTS) is 1. The summed E-state index contributed by atoms with van der Waals surface area (Å²) >= 11 is 11.2. The SMILES string of the molecule is CC(Cc1ccc(C(=O)O)c(C(F)(F)F)c1)C(c1cc(Cl)c(F)c(Cl)c1)C(F)(F)F. The first-order chi connectivity index (χ1) is 13.6. The number of carboxylic acids is 1. The van der Waals surface area contributed by atoms with Crippen molar-refractivity contribution in [2.75, 3.05) is 0 Å². The van der Waals surface area contributed by atoms with Crippen molar-refractivity contribution < 1.29 is 40.6 Å². The topological polar surface area (TPSA) is 37.3 Å². The molecule has 2 unspecified atom stereocenters. The molecule has 164 valence electrons. The van der Waals surface area contributed by atoms with E-state index in [1.54, 1.807) is 0 Å². The summed E-state index contributed by atoms with van der Waals surface area (Å²) in [5, 5.41) is 7.67. The van der Waals surface area contributed by atoms with Gasteiger partial charge in [0.15, 0.2) is 5.82 Å². The molecule has 0 bridgehead atoms. The minimum absolute atomic E-state index is 0.145. The fourth-order valence-corrected chi connectivity index (χ4v) is 3.73. The maximum Gasteiger partial charge on any atom is 0.417 e. The maximum atomic E-state index is 13.7. The summed E-state index contributed by atoms with van der Waals surface area (Å²) in [4.78, 5) is 11.0. The standard InChI is InChI=1S/C19H13Cl2F7O2/c1-8(4-9-2-3-11(17(29)30)12(5-9)18(23,24)25)15(19(26,27)28)10-6-13(20)16(22)14(21)7-10/h2-3,5-8,15H,4H2,1H3,(H,29,30). The van der Waals surface area contributed by atoms with E-state index in [4.69, 9.17) is 28.3 Å². The summed E-state index contributed by atoms with van der Waals surface area (Å²) in [6, 6.07) is 3.77. The van der Waals surface area contributed by atoms with Gasteiger partial charge in [0.25, 0.3) is 0 Å². The average molecular weight is 477 g/mol. The lowest BCUT2D eigenvalue weighted by atomic mass is 9.82. The van der Waals surface area contributed by atoms with Crippen molar-refractivity contribution in [1.29, 1.82) is 0 Å². The minimum atomic E-state index is -5.01. The van der Waals surface area contributed by atoms with Crippen LogP contribution in [0.1, 0.15) is 39.9 Å². The highest BCUT2D eigenvalue weighted by molar-refractivity contribution is 6.35. The van der Waals surface area contributed by atoms with Gasteiger partial charge in [-0.15, -0.1) is 0 Å². The highest BCUT2D eigenvalue weighted by atomic mass is 35.5. The molecule has 1 N–H and O–H groups in total. The summed E-state index contributed by atoms with van der Waals surface area (Å²) in [6.07, 6.45) is -10.3. The first kappa shape index (κ1) is 24.3. The van der Waals surface area contributed by atoms with Gasteiger partial charge in [0.1, 0.15) is 0 Å². The lowest BCUT2D eigenvalue weighted by Crippen LogP contribution is -2.28. The molecule has 0 aromatic heterocycles. The monoisotopic (exact) mass is 476 g/mol. The van der Waals surface area contributed by atoms with E-state index in [2.05, 4.69) is 0 Å². The van der Waals surface area contributed by atoms with E-state index in [9.17, 15) is 35.5 Å². The Morgan fingerprint density at radius 1 is 1.03 bits per heavy atom. The Morgan fingerprint density at radius 2 is 1.57 bits per heavy atom. The Labute approximate surface area is 176 Å². The molecule has 0 fully saturated rings. The quantitative estimate of drug-likeness (QED) is 0.361. The fraction of sp³-hybridized carbons (Fsp3) is 0.316. The van der Waals surface area contributed by atoms with Crippen LogP contribution in [0, 0.1) is 11.7 Å². The van der Waals surface area contributed by atoms with Crippen molar-refractivity contribution >= 4 is 29.2 Å². The van der Waals surface area contributed by atoms with Crippen LogP contribution in [-0.2, 0) is 12.6 Å². The molecule has 2 nitrogen and oxygen atoms in total. The molecule has 2 aromatic rings. The molecular weight excluding hydrogens is 464 g/mol. The number of hydrogen-bond acceptors (Lipinski definition) is 1. The third kappa shape index (κ3) is 5.37. The molecule has 0 aliphatic heterocycles. The third-order valence-corrected chi connectivity index (χ3v) is 5.01. The van der Waals surface area contributed by atoms with Gasteiger partial charge in [0, 0.05) is 0 Å². The summed E-state index contributed by atoms with van der Waals surface area (Å²) in [6.45, 7) is 1.15. The van der Waals surface area contributed by atoms with Crippen molar-refractivity contribution in [1.82, 2.24) is 0 Å². The van der Waals surface area contributed by atoms with E-state index in [0.29, 0.717) is 12.1 Å². The molecular formula is C19H13Cl2F7O2. The van der Waals surface area contributed by atoms with Crippen molar-refractivity contribution in [2.24, 2.45) is 5.92 Å². The van der Waals surface area contributed by atoms with Crippen molar-refractivity contribution in [3.05, 3.63) is 68.4 Å². The highest BCUT2D eigenvalue weighted by Crippen LogP contribution is 2.44. The highest BCUT2D eigenvalue weighted by Gasteiger charge is 2.44. The number of aromatic carboxylic acids is 1. The van der Waals surface area contributed by atoms with Gasteiger partial charge in [-0.2, -0.15) is 26.3 Å². The predicted octanol–water partition coefficient (Wildman–Crippen LogP) is 7.37. The zero-order valence-corrected chi connectivity index (χ0v) is 16.5. The molecule has 0 aliphatic rings. The van der Waals surface area contributed by atoms with Crippen molar-refractivity contribution in [2.45, 2.75) is 31.6 Å². The summed E-state index contributed by atoms with van der Waals surface area (Å²) in [7, 11) is 0.